The predicted octanol–water partition coefficient (Wildman–Crippen LogP) is 1.09. The largest absolute Gasteiger partial charge is 0.480 e. The zero-order valence-corrected chi connectivity index (χ0v) is 14.2. The predicted molar refractivity (Wildman–Crippen MR) is 88.8 cm³/mol. The lowest BCUT2D eigenvalue weighted by Gasteiger charge is -2.16. The Morgan fingerprint density at radius 2 is 1.52 bits per heavy atom. The number of carbonyl (C=O) groups is 4. The van der Waals surface area contributed by atoms with E-state index in [1.807, 2.05) is 0 Å². The summed E-state index contributed by atoms with van der Waals surface area (Å²) >= 11 is 5.88. The van der Waals surface area contributed by atoms with Gasteiger partial charge in [-0.05, 0) is 17.7 Å². The first-order chi connectivity index (χ1) is 12.6. The fourth-order valence-electron chi connectivity index (χ4n) is 2.58. The van der Waals surface area contributed by atoms with Crippen molar-refractivity contribution in [3.05, 3.63) is 52.6 Å². The Kier molecular flexibility index (Phi) is 5.81. The zero-order valence-electron chi connectivity index (χ0n) is 13.4. The summed E-state index contributed by atoms with van der Waals surface area (Å²) in [6, 6.07) is 6.36. The summed E-state index contributed by atoms with van der Waals surface area (Å²) < 4.78 is 1.09. The SMILES string of the molecule is O=C(O)C(C(=O)O)c1ncn(Cc2cccc(Cl)c2)c1C(C(=O)O)C(=O)O. The van der Waals surface area contributed by atoms with Gasteiger partial charge in [0.15, 0.2) is 11.8 Å². The maximum Gasteiger partial charge on any atom is 0.324 e. The third kappa shape index (κ3) is 4.23. The van der Waals surface area contributed by atoms with E-state index in [0.29, 0.717) is 10.6 Å². The van der Waals surface area contributed by atoms with Gasteiger partial charge in [-0.25, -0.2) is 4.98 Å². The molecule has 0 aliphatic heterocycles. The highest BCUT2D eigenvalue weighted by molar-refractivity contribution is 6.30. The molecule has 1 aromatic carbocycles. The number of benzene rings is 1. The molecule has 1 aromatic heterocycles. The van der Waals surface area contributed by atoms with Crippen molar-refractivity contribution in [2.24, 2.45) is 0 Å². The molecule has 0 fully saturated rings. The van der Waals surface area contributed by atoms with Crippen LogP contribution in [0.15, 0.2) is 30.6 Å². The molecular weight excluding hydrogens is 384 g/mol. The van der Waals surface area contributed by atoms with Gasteiger partial charge in [-0.2, -0.15) is 0 Å². The quantitative estimate of drug-likeness (QED) is 0.477. The Labute approximate surface area is 156 Å². The Bertz CT molecular complexity index is 895. The van der Waals surface area contributed by atoms with E-state index in [4.69, 9.17) is 11.6 Å². The Balaban J connectivity index is 2.67. The zero-order chi connectivity index (χ0) is 20.3. The van der Waals surface area contributed by atoms with Crippen LogP contribution in [0.4, 0.5) is 0 Å². The van der Waals surface area contributed by atoms with Crippen LogP contribution in [0.2, 0.25) is 5.02 Å². The number of nitrogens with zero attached hydrogens (tertiary/aromatic N) is 2. The highest BCUT2D eigenvalue weighted by Gasteiger charge is 2.40. The van der Waals surface area contributed by atoms with Gasteiger partial charge in [0.05, 0.1) is 17.7 Å². The molecule has 0 aliphatic rings. The van der Waals surface area contributed by atoms with Gasteiger partial charge < -0.3 is 25.0 Å². The van der Waals surface area contributed by atoms with E-state index in [-0.39, 0.29) is 6.54 Å². The minimum absolute atomic E-state index is 0.0914. The number of aromatic nitrogens is 2. The third-order valence-corrected chi connectivity index (χ3v) is 3.92. The van der Waals surface area contributed by atoms with Crippen molar-refractivity contribution < 1.29 is 39.6 Å². The summed E-state index contributed by atoms with van der Waals surface area (Å²) in [7, 11) is 0. The fourth-order valence-corrected chi connectivity index (χ4v) is 2.79. The van der Waals surface area contributed by atoms with E-state index in [2.05, 4.69) is 4.98 Å². The molecule has 0 saturated heterocycles. The second-order valence-corrected chi connectivity index (χ2v) is 5.93. The number of carboxylic acid groups (broad SMARTS) is 4. The van der Waals surface area contributed by atoms with E-state index in [1.165, 1.54) is 6.07 Å². The fraction of sp³-hybridized carbons (Fsp3) is 0.188. The van der Waals surface area contributed by atoms with Gasteiger partial charge in [-0.3, -0.25) is 19.2 Å². The lowest BCUT2D eigenvalue weighted by atomic mass is 9.96. The van der Waals surface area contributed by atoms with Crippen LogP contribution >= 0.6 is 11.6 Å². The summed E-state index contributed by atoms with van der Waals surface area (Å²) in [6.07, 6.45) is 1.00. The first kappa shape index (κ1) is 19.9. The van der Waals surface area contributed by atoms with Crippen LogP contribution in [-0.4, -0.2) is 53.9 Å². The molecule has 2 aromatic rings. The molecule has 142 valence electrons. The minimum Gasteiger partial charge on any atom is -0.480 e. The molecule has 4 N–H and O–H groups in total. The molecular formula is C16H13ClN2O8. The Morgan fingerprint density at radius 1 is 0.963 bits per heavy atom. The molecule has 0 amide bonds. The van der Waals surface area contributed by atoms with E-state index in [1.54, 1.807) is 18.2 Å². The van der Waals surface area contributed by atoms with Crippen molar-refractivity contribution >= 4 is 35.5 Å². The van der Waals surface area contributed by atoms with Crippen LogP contribution in [0, 0.1) is 0 Å². The van der Waals surface area contributed by atoms with Crippen LogP contribution in [0.1, 0.15) is 28.8 Å². The summed E-state index contributed by atoms with van der Waals surface area (Å²) in [5, 5.41) is 37.3. The first-order valence-corrected chi connectivity index (χ1v) is 7.71. The lowest BCUT2D eigenvalue weighted by molar-refractivity contribution is -0.153. The normalized spacial score (nSPS) is 10.9. The van der Waals surface area contributed by atoms with Crippen molar-refractivity contribution in [2.75, 3.05) is 0 Å². The third-order valence-electron chi connectivity index (χ3n) is 3.68. The van der Waals surface area contributed by atoms with E-state index in [9.17, 15) is 39.6 Å². The van der Waals surface area contributed by atoms with Crippen molar-refractivity contribution in [1.29, 1.82) is 0 Å². The summed E-state index contributed by atoms with van der Waals surface area (Å²) in [4.78, 5) is 49.3. The molecule has 0 radical (unpaired) electrons. The maximum absolute atomic E-state index is 11.5. The van der Waals surface area contributed by atoms with Crippen molar-refractivity contribution in [3.63, 3.8) is 0 Å². The van der Waals surface area contributed by atoms with E-state index >= 15 is 0 Å². The van der Waals surface area contributed by atoms with Gasteiger partial charge in [-0.1, -0.05) is 23.7 Å². The molecule has 0 atom stereocenters. The van der Waals surface area contributed by atoms with Crippen molar-refractivity contribution in [1.82, 2.24) is 9.55 Å². The van der Waals surface area contributed by atoms with Gasteiger partial charge in [-0.15, -0.1) is 0 Å². The second kappa shape index (κ2) is 7.87. The molecule has 1 heterocycles. The molecule has 0 bridgehead atoms. The van der Waals surface area contributed by atoms with Crippen LogP contribution in [0.25, 0.3) is 0 Å². The summed E-state index contributed by atoms with van der Waals surface area (Å²) in [6.45, 7) is -0.0914. The molecule has 0 aliphatic carbocycles. The lowest BCUT2D eigenvalue weighted by Crippen LogP contribution is -2.29. The average molecular weight is 397 g/mol. The minimum atomic E-state index is -2.22. The van der Waals surface area contributed by atoms with E-state index in [0.717, 1.165) is 10.9 Å². The average Bonchev–Trinajstić information content (AvgIpc) is 2.89. The maximum atomic E-state index is 11.5. The number of imidazole rings is 1. The molecule has 0 saturated carbocycles. The van der Waals surface area contributed by atoms with E-state index < -0.39 is 47.1 Å². The molecule has 2 rings (SSSR count). The summed E-state index contributed by atoms with van der Waals surface area (Å²) in [5.74, 6) is -11.6. The van der Waals surface area contributed by atoms with Crippen LogP contribution in [-0.2, 0) is 25.7 Å². The number of carboxylic acids is 4. The number of aliphatic carboxylic acids is 4. The van der Waals surface area contributed by atoms with Crippen LogP contribution < -0.4 is 0 Å². The first-order valence-electron chi connectivity index (χ1n) is 7.34. The van der Waals surface area contributed by atoms with Gasteiger partial charge in [0.2, 0.25) is 0 Å². The summed E-state index contributed by atoms with van der Waals surface area (Å²) in [5.41, 5.74) is -0.652. The Hall–Kier alpha value is -3.40. The van der Waals surface area contributed by atoms with Gasteiger partial charge in [0.25, 0.3) is 0 Å². The van der Waals surface area contributed by atoms with Crippen LogP contribution in [0.5, 0.6) is 0 Å². The highest BCUT2D eigenvalue weighted by Crippen LogP contribution is 2.28. The monoisotopic (exact) mass is 396 g/mol. The topological polar surface area (TPSA) is 167 Å². The number of halogens is 1. The standard InChI is InChI=1S/C16H13ClN2O8/c17-8-3-1-2-7(4-8)5-19-6-18-11(9(13(20)21)14(22)23)12(19)10(15(24)25)16(26)27/h1-4,6,9-10H,5H2,(H,20,21)(H,22,23)(H,24,25)(H,26,27). The molecule has 0 unspecified atom stereocenters. The number of hydrogen-bond donors (Lipinski definition) is 4. The molecule has 10 nitrogen and oxygen atoms in total. The molecule has 0 spiro atoms. The van der Waals surface area contributed by atoms with Crippen molar-refractivity contribution in [3.8, 4) is 0 Å². The Morgan fingerprint density at radius 3 is 2.00 bits per heavy atom. The van der Waals surface area contributed by atoms with Gasteiger partial charge in [0, 0.05) is 11.6 Å². The number of rotatable bonds is 8. The highest BCUT2D eigenvalue weighted by atomic mass is 35.5. The van der Waals surface area contributed by atoms with Crippen LogP contribution in [0.3, 0.4) is 0 Å². The van der Waals surface area contributed by atoms with Gasteiger partial charge >= 0.3 is 23.9 Å². The molecule has 11 heteroatoms. The number of hydrogen-bond acceptors (Lipinski definition) is 5. The molecule has 27 heavy (non-hydrogen) atoms. The smallest absolute Gasteiger partial charge is 0.324 e. The van der Waals surface area contributed by atoms with Crippen molar-refractivity contribution in [2.45, 2.75) is 18.4 Å². The van der Waals surface area contributed by atoms with Gasteiger partial charge in [0.1, 0.15) is 0 Å². The second-order valence-electron chi connectivity index (χ2n) is 5.49.